The fourth-order valence-electron chi connectivity index (χ4n) is 2.70. The molecule has 2 amide bonds. The number of halogens is 2. The molecule has 2 aromatic heterocycles. The summed E-state index contributed by atoms with van der Waals surface area (Å²) in [7, 11) is 0. The van der Waals surface area contributed by atoms with E-state index in [1.165, 1.54) is 0 Å². The maximum absolute atomic E-state index is 12.2. The molecule has 6 nitrogen and oxygen atoms in total. The number of pyridine rings is 1. The molecule has 4 aromatic rings. The summed E-state index contributed by atoms with van der Waals surface area (Å²) < 4.78 is 1.77. The predicted molar refractivity (Wildman–Crippen MR) is 116 cm³/mol. The van der Waals surface area contributed by atoms with Crippen molar-refractivity contribution >= 4 is 40.6 Å². The second-order valence-corrected chi connectivity index (χ2v) is 6.96. The van der Waals surface area contributed by atoms with E-state index in [0.717, 1.165) is 16.9 Å². The van der Waals surface area contributed by atoms with Crippen LogP contribution in [0.1, 0.15) is 0 Å². The van der Waals surface area contributed by atoms with Gasteiger partial charge in [0.15, 0.2) is 0 Å². The summed E-state index contributed by atoms with van der Waals surface area (Å²) in [4.78, 5) is 16.3. The van der Waals surface area contributed by atoms with Crippen LogP contribution in [0.5, 0.6) is 0 Å². The van der Waals surface area contributed by atoms with Crippen LogP contribution in [0.4, 0.5) is 16.2 Å². The molecule has 144 valence electrons. The van der Waals surface area contributed by atoms with Gasteiger partial charge in [-0.25, -0.2) is 9.48 Å². The molecule has 0 atom stereocenters. The van der Waals surface area contributed by atoms with Crippen LogP contribution in [-0.4, -0.2) is 20.8 Å². The van der Waals surface area contributed by atoms with E-state index >= 15 is 0 Å². The minimum Gasteiger partial charge on any atom is -0.308 e. The van der Waals surface area contributed by atoms with Gasteiger partial charge in [0.05, 0.1) is 21.4 Å². The lowest BCUT2D eigenvalue weighted by molar-refractivity contribution is 0.262. The number of nitrogens with one attached hydrogen (secondary N) is 2. The predicted octanol–water partition coefficient (Wildman–Crippen LogP) is 5.89. The number of hydrogen-bond donors (Lipinski definition) is 2. The van der Waals surface area contributed by atoms with Gasteiger partial charge in [-0.15, -0.1) is 0 Å². The molecule has 8 heteroatoms. The van der Waals surface area contributed by atoms with Crippen molar-refractivity contribution in [3.63, 3.8) is 0 Å². The Kier molecular flexibility index (Phi) is 5.46. The SMILES string of the molecule is O=C(Nc1ccc(-n2ccc(-c3cccnc3)n2)cc1)Nc1ccc(Cl)c(Cl)c1. The van der Waals surface area contributed by atoms with Crippen molar-refractivity contribution in [1.82, 2.24) is 14.8 Å². The Morgan fingerprint density at radius 2 is 1.66 bits per heavy atom. The molecule has 0 aliphatic heterocycles. The third-order valence-corrected chi connectivity index (χ3v) is 4.85. The van der Waals surface area contributed by atoms with Crippen LogP contribution in [0.3, 0.4) is 0 Å². The van der Waals surface area contributed by atoms with Gasteiger partial charge in [-0.2, -0.15) is 5.10 Å². The highest BCUT2D eigenvalue weighted by atomic mass is 35.5. The smallest absolute Gasteiger partial charge is 0.308 e. The Morgan fingerprint density at radius 1 is 0.897 bits per heavy atom. The Morgan fingerprint density at radius 3 is 2.38 bits per heavy atom. The number of benzene rings is 2. The van der Waals surface area contributed by atoms with Gasteiger partial charge in [0, 0.05) is 35.5 Å². The standard InChI is InChI=1S/C21H15Cl2N5O/c22-18-8-5-16(12-19(18)23)26-21(29)25-15-3-6-17(7-4-15)28-11-9-20(27-28)14-2-1-10-24-13-14/h1-13H,(H2,25,26,29). The monoisotopic (exact) mass is 423 g/mol. The molecule has 2 N–H and O–H groups in total. The van der Waals surface area contributed by atoms with Gasteiger partial charge in [0.2, 0.25) is 0 Å². The topological polar surface area (TPSA) is 71.8 Å². The summed E-state index contributed by atoms with van der Waals surface area (Å²) in [5.74, 6) is 0. The number of amides is 2. The molecule has 0 aliphatic rings. The number of nitrogens with zero attached hydrogens (tertiary/aromatic N) is 3. The van der Waals surface area contributed by atoms with Crippen molar-refractivity contribution < 1.29 is 4.79 Å². The summed E-state index contributed by atoms with van der Waals surface area (Å²) in [5, 5.41) is 10.8. The number of rotatable bonds is 4. The van der Waals surface area contributed by atoms with Crippen molar-refractivity contribution in [3.05, 3.63) is 89.3 Å². The fraction of sp³-hybridized carbons (Fsp3) is 0. The highest BCUT2D eigenvalue weighted by Gasteiger charge is 2.07. The molecular weight excluding hydrogens is 409 g/mol. The second-order valence-electron chi connectivity index (χ2n) is 6.14. The van der Waals surface area contributed by atoms with Gasteiger partial charge in [-0.1, -0.05) is 23.2 Å². The molecule has 0 radical (unpaired) electrons. The van der Waals surface area contributed by atoms with Gasteiger partial charge >= 0.3 is 6.03 Å². The quantitative estimate of drug-likeness (QED) is 0.430. The van der Waals surface area contributed by atoms with Gasteiger partial charge in [-0.05, 0) is 60.7 Å². The number of hydrogen-bond acceptors (Lipinski definition) is 3. The van der Waals surface area contributed by atoms with Crippen LogP contribution in [-0.2, 0) is 0 Å². The summed E-state index contributed by atoms with van der Waals surface area (Å²) >= 11 is 11.8. The number of urea groups is 1. The van der Waals surface area contributed by atoms with Crippen LogP contribution >= 0.6 is 23.2 Å². The third-order valence-electron chi connectivity index (χ3n) is 4.11. The Bertz CT molecular complexity index is 1140. The first-order chi connectivity index (χ1) is 14.1. The first-order valence-electron chi connectivity index (χ1n) is 8.68. The number of aromatic nitrogens is 3. The minimum atomic E-state index is -0.380. The van der Waals surface area contributed by atoms with Gasteiger partial charge < -0.3 is 10.6 Å². The van der Waals surface area contributed by atoms with E-state index in [1.807, 2.05) is 36.5 Å². The molecule has 0 saturated carbocycles. The average molecular weight is 424 g/mol. The lowest BCUT2D eigenvalue weighted by atomic mass is 10.2. The first-order valence-corrected chi connectivity index (χ1v) is 9.44. The van der Waals surface area contributed by atoms with Crippen molar-refractivity contribution in [3.8, 4) is 16.9 Å². The van der Waals surface area contributed by atoms with Crippen molar-refractivity contribution in [2.75, 3.05) is 10.6 Å². The highest BCUT2D eigenvalue weighted by molar-refractivity contribution is 6.42. The molecule has 29 heavy (non-hydrogen) atoms. The molecule has 0 aliphatic carbocycles. The van der Waals surface area contributed by atoms with Crippen molar-refractivity contribution in [2.45, 2.75) is 0 Å². The molecule has 2 heterocycles. The minimum absolute atomic E-state index is 0.374. The van der Waals surface area contributed by atoms with Crippen molar-refractivity contribution in [2.24, 2.45) is 0 Å². The molecule has 0 bridgehead atoms. The van der Waals surface area contributed by atoms with Gasteiger partial charge in [0.1, 0.15) is 0 Å². The lowest BCUT2D eigenvalue weighted by Crippen LogP contribution is -2.19. The van der Waals surface area contributed by atoms with E-state index in [9.17, 15) is 4.79 Å². The van der Waals surface area contributed by atoms with Crippen LogP contribution < -0.4 is 10.6 Å². The largest absolute Gasteiger partial charge is 0.323 e. The molecular formula is C21H15Cl2N5O. The third kappa shape index (κ3) is 4.56. The van der Waals surface area contributed by atoms with E-state index in [4.69, 9.17) is 23.2 Å². The van der Waals surface area contributed by atoms with Gasteiger partial charge in [-0.3, -0.25) is 4.98 Å². The van der Waals surface area contributed by atoms with E-state index in [0.29, 0.717) is 21.4 Å². The van der Waals surface area contributed by atoms with Crippen LogP contribution in [0.15, 0.2) is 79.3 Å². The molecule has 2 aromatic carbocycles. The summed E-state index contributed by atoms with van der Waals surface area (Å²) in [6.07, 6.45) is 5.37. The molecule has 0 saturated heterocycles. The van der Waals surface area contributed by atoms with E-state index in [-0.39, 0.29) is 6.03 Å². The van der Waals surface area contributed by atoms with Crippen LogP contribution in [0, 0.1) is 0 Å². The Balaban J connectivity index is 1.42. The maximum Gasteiger partial charge on any atom is 0.323 e. The lowest BCUT2D eigenvalue weighted by Gasteiger charge is -2.09. The normalized spacial score (nSPS) is 10.6. The zero-order chi connectivity index (χ0) is 20.2. The summed E-state index contributed by atoms with van der Waals surface area (Å²) in [5.41, 5.74) is 3.85. The molecule has 0 fully saturated rings. The highest BCUT2D eigenvalue weighted by Crippen LogP contribution is 2.25. The average Bonchev–Trinajstić information content (AvgIpc) is 3.22. The first kappa shape index (κ1) is 19.0. The summed E-state index contributed by atoms with van der Waals surface area (Å²) in [6.45, 7) is 0. The fourth-order valence-corrected chi connectivity index (χ4v) is 3.00. The zero-order valence-corrected chi connectivity index (χ0v) is 16.5. The zero-order valence-electron chi connectivity index (χ0n) is 15.0. The summed E-state index contributed by atoms with van der Waals surface area (Å²) in [6, 6.07) is 17.6. The Hall–Kier alpha value is -3.35. The number of carbonyl (C=O) groups excluding carboxylic acids is 1. The Labute approximate surface area is 177 Å². The van der Waals surface area contributed by atoms with Crippen LogP contribution in [0.25, 0.3) is 16.9 Å². The number of carbonyl (C=O) groups is 1. The van der Waals surface area contributed by atoms with Crippen LogP contribution in [0.2, 0.25) is 10.0 Å². The maximum atomic E-state index is 12.2. The number of anilines is 2. The van der Waals surface area contributed by atoms with E-state index in [1.54, 1.807) is 47.4 Å². The second kappa shape index (κ2) is 8.34. The van der Waals surface area contributed by atoms with Gasteiger partial charge in [0.25, 0.3) is 0 Å². The molecule has 4 rings (SSSR count). The molecule has 0 spiro atoms. The molecule has 0 unspecified atom stereocenters. The van der Waals surface area contributed by atoms with E-state index in [2.05, 4.69) is 20.7 Å². The van der Waals surface area contributed by atoms with Crippen molar-refractivity contribution in [1.29, 1.82) is 0 Å². The van der Waals surface area contributed by atoms with E-state index < -0.39 is 0 Å².